The molecule has 74 valence electrons. The highest BCUT2D eigenvalue weighted by molar-refractivity contribution is 5.02. The standard InChI is InChI=1S/C10H17NO2/c1-10(2)8-4-3-7(6-11(12)13)9(10)5-8/h7-9H,3-6H2,1-2H3/t7-,8-,9-/m1/s1. The van der Waals surface area contributed by atoms with Crippen molar-refractivity contribution in [1.29, 1.82) is 0 Å². The molecule has 3 rings (SSSR count). The summed E-state index contributed by atoms with van der Waals surface area (Å²) >= 11 is 0. The lowest BCUT2D eigenvalue weighted by atomic mass is 9.45. The van der Waals surface area contributed by atoms with Gasteiger partial charge in [-0.25, -0.2) is 0 Å². The Kier molecular flexibility index (Phi) is 1.86. The minimum atomic E-state index is -0.139. The summed E-state index contributed by atoms with van der Waals surface area (Å²) in [5.74, 6) is 1.83. The molecule has 0 N–H and O–H groups in total. The van der Waals surface area contributed by atoms with E-state index in [9.17, 15) is 10.1 Å². The molecule has 0 radical (unpaired) electrons. The van der Waals surface area contributed by atoms with Crippen LogP contribution >= 0.6 is 0 Å². The molecular formula is C10H17NO2. The fourth-order valence-electron chi connectivity index (χ4n) is 3.37. The van der Waals surface area contributed by atoms with Crippen LogP contribution < -0.4 is 0 Å². The van der Waals surface area contributed by atoms with Gasteiger partial charge in [0.15, 0.2) is 0 Å². The largest absolute Gasteiger partial charge is 0.265 e. The van der Waals surface area contributed by atoms with Gasteiger partial charge >= 0.3 is 0 Å². The molecule has 0 aromatic heterocycles. The van der Waals surface area contributed by atoms with Gasteiger partial charge in [-0.2, -0.15) is 0 Å². The SMILES string of the molecule is CC1(C)[C@@H]2CC[C@H](C[N+](=O)[O-])[C@H]1C2. The first-order valence-electron chi connectivity index (χ1n) is 5.13. The van der Waals surface area contributed by atoms with Crippen molar-refractivity contribution in [2.24, 2.45) is 23.2 Å². The summed E-state index contributed by atoms with van der Waals surface area (Å²) in [6.07, 6.45) is 3.53. The summed E-state index contributed by atoms with van der Waals surface area (Å²) in [4.78, 5) is 10.3. The maximum absolute atomic E-state index is 10.4. The van der Waals surface area contributed by atoms with Crippen LogP contribution in [0.1, 0.15) is 33.1 Å². The Hall–Kier alpha value is -0.600. The maximum atomic E-state index is 10.4. The molecule has 0 aromatic carbocycles. The summed E-state index contributed by atoms with van der Waals surface area (Å²) in [6.45, 7) is 4.75. The third kappa shape index (κ3) is 1.25. The second-order valence-corrected chi connectivity index (χ2v) is 5.21. The minimum absolute atomic E-state index is 0.139. The number of nitro groups is 1. The van der Waals surface area contributed by atoms with E-state index in [0.717, 1.165) is 12.3 Å². The first-order valence-corrected chi connectivity index (χ1v) is 5.13. The zero-order chi connectivity index (χ0) is 9.64. The number of fused-ring (bicyclic) bond motifs is 2. The van der Waals surface area contributed by atoms with E-state index in [2.05, 4.69) is 13.8 Å². The second-order valence-electron chi connectivity index (χ2n) is 5.21. The van der Waals surface area contributed by atoms with E-state index in [-0.39, 0.29) is 11.5 Å². The second kappa shape index (κ2) is 2.69. The van der Waals surface area contributed by atoms with Crippen LogP contribution in [-0.2, 0) is 0 Å². The van der Waals surface area contributed by atoms with Gasteiger partial charge in [-0.05, 0) is 36.5 Å². The molecule has 2 bridgehead atoms. The number of rotatable bonds is 2. The highest BCUT2D eigenvalue weighted by Crippen LogP contribution is 2.61. The summed E-state index contributed by atoms with van der Waals surface area (Å²) in [5.41, 5.74) is 0.388. The molecular weight excluding hydrogens is 166 g/mol. The average molecular weight is 183 g/mol. The van der Waals surface area contributed by atoms with Crippen molar-refractivity contribution in [3.63, 3.8) is 0 Å². The topological polar surface area (TPSA) is 43.1 Å². The van der Waals surface area contributed by atoms with E-state index < -0.39 is 0 Å². The summed E-state index contributed by atoms with van der Waals surface area (Å²) in [6, 6.07) is 0. The van der Waals surface area contributed by atoms with Gasteiger partial charge in [0.1, 0.15) is 0 Å². The predicted octanol–water partition coefficient (Wildman–Crippen LogP) is 2.34. The Morgan fingerprint density at radius 1 is 1.46 bits per heavy atom. The van der Waals surface area contributed by atoms with E-state index in [1.165, 1.54) is 12.8 Å². The summed E-state index contributed by atoms with van der Waals surface area (Å²) < 4.78 is 0. The Labute approximate surface area is 78.7 Å². The third-order valence-electron chi connectivity index (χ3n) is 4.38. The molecule has 13 heavy (non-hydrogen) atoms. The Bertz CT molecular complexity index is 235. The van der Waals surface area contributed by atoms with Gasteiger partial charge in [0.2, 0.25) is 6.54 Å². The highest BCUT2D eigenvalue weighted by atomic mass is 16.6. The molecule has 3 heteroatoms. The van der Waals surface area contributed by atoms with E-state index in [1.807, 2.05) is 0 Å². The summed E-state index contributed by atoms with van der Waals surface area (Å²) in [7, 11) is 0. The quantitative estimate of drug-likeness (QED) is 0.487. The van der Waals surface area contributed by atoms with Gasteiger partial charge in [0, 0.05) is 10.8 Å². The number of nitrogens with zero attached hydrogens (tertiary/aromatic N) is 1. The van der Waals surface area contributed by atoms with E-state index in [4.69, 9.17) is 0 Å². The molecule has 0 unspecified atom stereocenters. The fraction of sp³-hybridized carbons (Fsp3) is 1.00. The van der Waals surface area contributed by atoms with E-state index in [0.29, 0.717) is 17.3 Å². The molecule has 3 aliphatic rings. The molecule has 0 amide bonds. The third-order valence-corrected chi connectivity index (χ3v) is 4.38. The fourth-order valence-corrected chi connectivity index (χ4v) is 3.37. The lowest BCUT2D eigenvalue weighted by Gasteiger charge is -2.59. The Balaban J connectivity index is 2.03. The molecule has 3 saturated carbocycles. The van der Waals surface area contributed by atoms with Crippen molar-refractivity contribution in [2.75, 3.05) is 6.54 Å². The molecule has 0 heterocycles. The number of hydrogen-bond acceptors (Lipinski definition) is 2. The first-order chi connectivity index (χ1) is 6.01. The predicted molar refractivity (Wildman–Crippen MR) is 50.0 cm³/mol. The smallest absolute Gasteiger partial charge is 0.206 e. The summed E-state index contributed by atoms with van der Waals surface area (Å²) in [5, 5.41) is 10.4. The van der Waals surface area contributed by atoms with Crippen LogP contribution in [-0.4, -0.2) is 11.5 Å². The minimum Gasteiger partial charge on any atom is -0.265 e. The van der Waals surface area contributed by atoms with Gasteiger partial charge < -0.3 is 0 Å². The van der Waals surface area contributed by atoms with Crippen molar-refractivity contribution in [1.82, 2.24) is 0 Å². The van der Waals surface area contributed by atoms with Crippen LogP contribution in [0.25, 0.3) is 0 Å². The Morgan fingerprint density at radius 3 is 2.62 bits per heavy atom. The molecule has 0 aromatic rings. The van der Waals surface area contributed by atoms with Crippen molar-refractivity contribution in [3.8, 4) is 0 Å². The molecule has 3 fully saturated rings. The van der Waals surface area contributed by atoms with Crippen LogP contribution in [0.2, 0.25) is 0 Å². The van der Waals surface area contributed by atoms with Crippen LogP contribution in [0, 0.1) is 33.3 Å². The lowest BCUT2D eigenvalue weighted by Crippen LogP contribution is -2.53. The van der Waals surface area contributed by atoms with Gasteiger partial charge in [0.05, 0.1) is 0 Å². The van der Waals surface area contributed by atoms with Crippen LogP contribution in [0.4, 0.5) is 0 Å². The lowest BCUT2D eigenvalue weighted by molar-refractivity contribution is -0.494. The zero-order valence-corrected chi connectivity index (χ0v) is 8.32. The van der Waals surface area contributed by atoms with Crippen molar-refractivity contribution >= 4 is 0 Å². The molecule has 0 aliphatic heterocycles. The average Bonchev–Trinajstić information content (AvgIpc) is 2.03. The van der Waals surface area contributed by atoms with Crippen LogP contribution in [0.3, 0.4) is 0 Å². The molecule has 3 atom stereocenters. The van der Waals surface area contributed by atoms with Gasteiger partial charge in [-0.3, -0.25) is 10.1 Å². The number of hydrogen-bond donors (Lipinski definition) is 0. The highest BCUT2D eigenvalue weighted by Gasteiger charge is 2.55. The first kappa shape index (κ1) is 8.97. The molecule has 0 spiro atoms. The van der Waals surface area contributed by atoms with Crippen LogP contribution in [0.15, 0.2) is 0 Å². The monoisotopic (exact) mass is 183 g/mol. The van der Waals surface area contributed by atoms with Crippen molar-refractivity contribution in [3.05, 3.63) is 10.1 Å². The van der Waals surface area contributed by atoms with Gasteiger partial charge in [0.25, 0.3) is 0 Å². The van der Waals surface area contributed by atoms with Gasteiger partial charge in [-0.1, -0.05) is 13.8 Å². The van der Waals surface area contributed by atoms with Crippen molar-refractivity contribution in [2.45, 2.75) is 33.1 Å². The molecule has 0 saturated heterocycles. The van der Waals surface area contributed by atoms with E-state index in [1.54, 1.807) is 0 Å². The zero-order valence-electron chi connectivity index (χ0n) is 8.32. The normalized spacial score (nSPS) is 40.9. The molecule has 3 nitrogen and oxygen atoms in total. The maximum Gasteiger partial charge on any atom is 0.206 e. The van der Waals surface area contributed by atoms with Gasteiger partial charge in [-0.15, -0.1) is 0 Å². The van der Waals surface area contributed by atoms with E-state index >= 15 is 0 Å². The Morgan fingerprint density at radius 2 is 2.15 bits per heavy atom. The molecule has 3 aliphatic carbocycles. The van der Waals surface area contributed by atoms with Crippen LogP contribution in [0.5, 0.6) is 0 Å². The van der Waals surface area contributed by atoms with Crippen molar-refractivity contribution < 1.29 is 4.92 Å².